The van der Waals surface area contributed by atoms with Crippen LogP contribution < -0.4 is 9.47 Å². The average molecular weight is 578 g/mol. The van der Waals surface area contributed by atoms with Crippen molar-refractivity contribution in [2.24, 2.45) is 0 Å². The molecule has 0 heterocycles. The Balaban J connectivity index is 1.64. The molecule has 4 aromatic carbocycles. The Morgan fingerprint density at radius 1 is 0.550 bits per heavy atom. The number of halogens is 11. The Hall–Kier alpha value is -4.29. The molecule has 0 aliphatic heterocycles. The van der Waals surface area contributed by atoms with Crippen molar-refractivity contribution in [1.29, 1.82) is 0 Å². The molecule has 0 bridgehead atoms. The monoisotopic (exact) mass is 578 g/mol. The summed E-state index contributed by atoms with van der Waals surface area (Å²) < 4.78 is 161. The van der Waals surface area contributed by atoms with Crippen molar-refractivity contribution < 1.29 is 57.8 Å². The zero-order chi connectivity index (χ0) is 29.6. The van der Waals surface area contributed by atoms with Gasteiger partial charge < -0.3 is 9.47 Å². The number of rotatable bonds is 6. The lowest BCUT2D eigenvalue weighted by molar-refractivity contribution is -0.275. The molecule has 4 rings (SSSR count). The number of ether oxygens (including phenoxy) is 2. The molecular weight excluding hydrogens is 565 g/mol. The topological polar surface area (TPSA) is 18.5 Å². The minimum absolute atomic E-state index is 0.191. The first-order valence-electron chi connectivity index (χ1n) is 10.9. The van der Waals surface area contributed by atoms with Crippen molar-refractivity contribution in [3.63, 3.8) is 0 Å². The van der Waals surface area contributed by atoms with E-state index in [9.17, 15) is 48.3 Å². The van der Waals surface area contributed by atoms with Gasteiger partial charge in [0.2, 0.25) is 0 Å². The minimum Gasteiger partial charge on any atom is -0.429 e. The summed E-state index contributed by atoms with van der Waals surface area (Å²) in [7, 11) is 0. The van der Waals surface area contributed by atoms with Gasteiger partial charge in [0.1, 0.15) is 40.4 Å². The third-order valence-corrected chi connectivity index (χ3v) is 5.48. The fourth-order valence-corrected chi connectivity index (χ4v) is 3.81. The maximum absolute atomic E-state index is 14.8. The third kappa shape index (κ3) is 5.97. The lowest BCUT2D eigenvalue weighted by Gasteiger charge is -2.20. The quantitative estimate of drug-likeness (QED) is 0.213. The van der Waals surface area contributed by atoms with Gasteiger partial charge in [-0.05, 0) is 53.9 Å². The van der Waals surface area contributed by atoms with Crippen LogP contribution in [0.15, 0.2) is 60.7 Å². The molecule has 0 aromatic heterocycles. The zero-order valence-corrected chi connectivity index (χ0v) is 19.7. The SMILES string of the molecule is Cc1ccc(-c2cc(F)c(C(F)(F)Oc3cc(F)c(-c4ccc(OC(F)(F)F)c(F)c4)c(F)c3)c(F)c2)c(F)c1. The highest BCUT2D eigenvalue weighted by molar-refractivity contribution is 5.67. The Morgan fingerprint density at radius 2 is 1.12 bits per heavy atom. The zero-order valence-electron chi connectivity index (χ0n) is 19.7. The van der Waals surface area contributed by atoms with Crippen LogP contribution in [-0.4, -0.2) is 6.36 Å². The third-order valence-electron chi connectivity index (χ3n) is 5.48. The van der Waals surface area contributed by atoms with Crippen molar-refractivity contribution in [2.45, 2.75) is 19.4 Å². The first-order chi connectivity index (χ1) is 18.6. The minimum atomic E-state index is -5.25. The van der Waals surface area contributed by atoms with Crippen LogP contribution in [0.1, 0.15) is 11.1 Å². The maximum atomic E-state index is 14.8. The highest BCUT2D eigenvalue weighted by atomic mass is 19.4. The van der Waals surface area contributed by atoms with Gasteiger partial charge >= 0.3 is 12.5 Å². The molecule has 0 amide bonds. The van der Waals surface area contributed by atoms with Crippen molar-refractivity contribution in [2.75, 3.05) is 0 Å². The van der Waals surface area contributed by atoms with Crippen molar-refractivity contribution >= 4 is 0 Å². The normalized spacial score (nSPS) is 12.0. The largest absolute Gasteiger partial charge is 0.573 e. The van der Waals surface area contributed by atoms with Crippen molar-refractivity contribution in [1.82, 2.24) is 0 Å². The molecular formula is C27H13F11O2. The van der Waals surface area contributed by atoms with Crippen molar-refractivity contribution in [3.05, 3.63) is 107 Å². The fourth-order valence-electron chi connectivity index (χ4n) is 3.81. The summed E-state index contributed by atoms with van der Waals surface area (Å²) >= 11 is 0. The van der Waals surface area contributed by atoms with Gasteiger partial charge in [-0.1, -0.05) is 18.2 Å². The molecule has 0 saturated heterocycles. The van der Waals surface area contributed by atoms with Gasteiger partial charge in [0.25, 0.3) is 0 Å². The Kier molecular flexibility index (Phi) is 7.43. The first kappa shape index (κ1) is 28.7. The number of aryl methyl sites for hydroxylation is 1. The lowest BCUT2D eigenvalue weighted by Crippen LogP contribution is -2.25. The van der Waals surface area contributed by atoms with E-state index in [1.54, 1.807) is 6.92 Å². The Bertz CT molecular complexity index is 1550. The number of hydrogen-bond acceptors (Lipinski definition) is 2. The highest BCUT2D eigenvalue weighted by Gasteiger charge is 2.42. The summed E-state index contributed by atoms with van der Waals surface area (Å²) in [5, 5.41) is 0. The van der Waals surface area contributed by atoms with Crippen LogP contribution in [0.25, 0.3) is 22.3 Å². The van der Waals surface area contributed by atoms with Crippen molar-refractivity contribution in [3.8, 4) is 33.8 Å². The molecule has 0 spiro atoms. The van der Waals surface area contributed by atoms with E-state index >= 15 is 0 Å². The fraction of sp³-hybridized carbons (Fsp3) is 0.111. The van der Waals surface area contributed by atoms with Gasteiger partial charge in [0, 0.05) is 17.7 Å². The van der Waals surface area contributed by atoms with Crippen LogP contribution >= 0.6 is 0 Å². The second kappa shape index (κ2) is 10.4. The van der Waals surface area contributed by atoms with Gasteiger partial charge in [-0.2, -0.15) is 8.78 Å². The summed E-state index contributed by atoms with van der Waals surface area (Å²) in [5.74, 6) is -12.0. The van der Waals surface area contributed by atoms with Gasteiger partial charge in [0.05, 0.1) is 5.56 Å². The summed E-state index contributed by atoms with van der Waals surface area (Å²) in [4.78, 5) is 0. The molecule has 0 saturated carbocycles. The van der Waals surface area contributed by atoms with E-state index < -0.39 is 81.1 Å². The number of hydrogen-bond donors (Lipinski definition) is 0. The van der Waals surface area contributed by atoms with E-state index in [0.717, 1.165) is 6.07 Å². The van der Waals surface area contributed by atoms with Crippen LogP contribution in [0.5, 0.6) is 11.5 Å². The standard InChI is InChI=1S/C27H13F11O2/c1-12-2-4-16(17(28)6-12)14-8-21(32)25(22(33)9-14)26(34,35)39-15-10-19(30)24(20(31)11-15)13-3-5-23(18(29)7-13)40-27(36,37)38/h2-11H,1H3. The molecule has 0 N–H and O–H groups in total. The molecule has 13 heteroatoms. The molecule has 2 nitrogen and oxygen atoms in total. The summed E-state index contributed by atoms with van der Waals surface area (Å²) in [6, 6.07) is 6.31. The predicted molar refractivity (Wildman–Crippen MR) is 119 cm³/mol. The van der Waals surface area contributed by atoms with E-state index in [2.05, 4.69) is 9.47 Å². The van der Waals surface area contributed by atoms with Gasteiger partial charge in [-0.25, -0.2) is 26.3 Å². The molecule has 0 fully saturated rings. The van der Waals surface area contributed by atoms with Crippen LogP contribution in [0, 0.1) is 41.8 Å². The molecule has 0 unspecified atom stereocenters. The Labute approximate surface area is 218 Å². The summed E-state index contributed by atoms with van der Waals surface area (Å²) in [5.41, 5.74) is -3.80. The molecule has 0 aliphatic carbocycles. The molecule has 0 aliphatic rings. The maximum Gasteiger partial charge on any atom is 0.573 e. The highest BCUT2D eigenvalue weighted by Crippen LogP contribution is 2.40. The van der Waals surface area contributed by atoms with E-state index in [0.29, 0.717) is 35.9 Å². The predicted octanol–water partition coefficient (Wildman–Crippen LogP) is 9.19. The van der Waals surface area contributed by atoms with E-state index in [1.807, 2.05) is 0 Å². The van der Waals surface area contributed by atoms with Crippen LogP contribution in [0.3, 0.4) is 0 Å². The molecule has 0 atom stereocenters. The smallest absolute Gasteiger partial charge is 0.429 e. The van der Waals surface area contributed by atoms with Gasteiger partial charge in [-0.3, -0.25) is 0 Å². The summed E-state index contributed by atoms with van der Waals surface area (Å²) in [6.45, 7) is 1.55. The van der Waals surface area contributed by atoms with Gasteiger partial charge in [-0.15, -0.1) is 13.2 Å². The van der Waals surface area contributed by atoms with Crippen LogP contribution in [0.4, 0.5) is 48.3 Å². The van der Waals surface area contributed by atoms with Crippen LogP contribution in [0.2, 0.25) is 0 Å². The molecule has 4 aromatic rings. The second-order valence-electron chi connectivity index (χ2n) is 8.37. The second-order valence-corrected chi connectivity index (χ2v) is 8.37. The lowest BCUT2D eigenvalue weighted by atomic mass is 10.0. The van der Waals surface area contributed by atoms with E-state index in [-0.39, 0.29) is 17.7 Å². The summed E-state index contributed by atoms with van der Waals surface area (Å²) in [6.07, 6.45) is -10.1. The van der Waals surface area contributed by atoms with Crippen LogP contribution in [-0.2, 0) is 6.11 Å². The van der Waals surface area contributed by atoms with E-state index in [4.69, 9.17) is 0 Å². The first-order valence-corrected chi connectivity index (χ1v) is 10.9. The molecule has 210 valence electrons. The average Bonchev–Trinajstić information content (AvgIpc) is 2.78. The van der Waals surface area contributed by atoms with E-state index in [1.165, 1.54) is 12.1 Å². The molecule has 40 heavy (non-hydrogen) atoms. The molecule has 0 radical (unpaired) electrons. The number of benzene rings is 4. The number of alkyl halides is 5. The van der Waals surface area contributed by atoms with Gasteiger partial charge in [0.15, 0.2) is 11.6 Å². The Morgan fingerprint density at radius 3 is 1.65 bits per heavy atom.